The third-order valence-corrected chi connectivity index (χ3v) is 3.31. The van der Waals surface area contributed by atoms with Crippen LogP contribution in [0.15, 0.2) is 28.7 Å². The van der Waals surface area contributed by atoms with E-state index in [9.17, 15) is 0 Å². The maximum absolute atomic E-state index is 5.43. The van der Waals surface area contributed by atoms with Crippen LogP contribution in [-0.2, 0) is 6.42 Å². The molecule has 0 amide bonds. The van der Waals surface area contributed by atoms with Gasteiger partial charge in [-0.3, -0.25) is 0 Å². The molecule has 0 fully saturated rings. The van der Waals surface area contributed by atoms with Gasteiger partial charge in [0.25, 0.3) is 0 Å². The molecular weight excluding hydrogens is 292 g/mol. The van der Waals surface area contributed by atoms with Crippen molar-refractivity contribution < 1.29 is 0 Å². The van der Waals surface area contributed by atoms with E-state index in [4.69, 9.17) is 5.84 Å². The summed E-state index contributed by atoms with van der Waals surface area (Å²) in [7, 11) is 0. The van der Waals surface area contributed by atoms with Crippen molar-refractivity contribution in [3.8, 4) is 11.4 Å². The summed E-state index contributed by atoms with van der Waals surface area (Å²) in [6, 6.07) is 7.95. The number of nitrogens with one attached hydrogen (secondary N) is 1. The normalized spacial score (nSPS) is 10.4. The third-order valence-electron chi connectivity index (χ3n) is 2.65. The molecule has 0 saturated carbocycles. The van der Waals surface area contributed by atoms with Crippen molar-refractivity contribution in [1.29, 1.82) is 0 Å². The zero-order valence-electron chi connectivity index (χ0n) is 10.4. The van der Waals surface area contributed by atoms with Crippen molar-refractivity contribution in [2.24, 2.45) is 5.84 Å². The summed E-state index contributed by atoms with van der Waals surface area (Å²) in [5.74, 6) is 6.73. The number of aromatic nitrogens is 2. The summed E-state index contributed by atoms with van der Waals surface area (Å²) in [6.07, 6.45) is 0.841. The highest BCUT2D eigenvalue weighted by molar-refractivity contribution is 9.10. The van der Waals surface area contributed by atoms with Gasteiger partial charge in [0.1, 0.15) is 5.82 Å². The SMILES string of the molecule is CCc1cc(NN)nc(-c2ccc(C)cc2Br)n1. The number of nitrogen functional groups attached to an aromatic ring is 1. The van der Waals surface area contributed by atoms with Gasteiger partial charge in [0, 0.05) is 21.8 Å². The molecule has 5 heteroatoms. The Morgan fingerprint density at radius 1 is 1.28 bits per heavy atom. The molecule has 0 atom stereocenters. The van der Waals surface area contributed by atoms with Gasteiger partial charge in [0.15, 0.2) is 5.82 Å². The molecule has 0 aliphatic carbocycles. The van der Waals surface area contributed by atoms with Gasteiger partial charge in [-0.25, -0.2) is 15.8 Å². The van der Waals surface area contributed by atoms with E-state index in [1.165, 1.54) is 5.56 Å². The molecule has 4 nitrogen and oxygen atoms in total. The smallest absolute Gasteiger partial charge is 0.162 e. The molecule has 0 spiro atoms. The predicted molar refractivity (Wildman–Crippen MR) is 77.1 cm³/mol. The van der Waals surface area contributed by atoms with Crippen molar-refractivity contribution in [3.63, 3.8) is 0 Å². The average molecular weight is 307 g/mol. The molecule has 0 aliphatic rings. The number of hydrazine groups is 1. The van der Waals surface area contributed by atoms with Gasteiger partial charge in [-0.2, -0.15) is 0 Å². The number of benzene rings is 1. The zero-order valence-corrected chi connectivity index (χ0v) is 12.0. The lowest BCUT2D eigenvalue weighted by Crippen LogP contribution is -2.10. The molecule has 3 N–H and O–H groups in total. The van der Waals surface area contributed by atoms with Crippen molar-refractivity contribution in [2.75, 3.05) is 5.43 Å². The number of anilines is 1. The Labute approximate surface area is 115 Å². The fourth-order valence-corrected chi connectivity index (χ4v) is 2.35. The predicted octanol–water partition coefficient (Wildman–Crippen LogP) is 3.06. The molecule has 0 aliphatic heterocycles. The molecule has 1 heterocycles. The second-order valence-electron chi connectivity index (χ2n) is 4.05. The quantitative estimate of drug-likeness (QED) is 0.676. The van der Waals surface area contributed by atoms with Crippen molar-refractivity contribution in [3.05, 3.63) is 40.0 Å². The van der Waals surface area contributed by atoms with Gasteiger partial charge in [-0.1, -0.05) is 28.9 Å². The van der Waals surface area contributed by atoms with Crippen LogP contribution in [0.4, 0.5) is 5.82 Å². The Bertz CT molecular complexity index is 547. The number of halogens is 1. The summed E-state index contributed by atoms with van der Waals surface area (Å²) in [5, 5.41) is 0. The Kier molecular flexibility index (Phi) is 3.93. The van der Waals surface area contributed by atoms with Crippen LogP contribution in [0.1, 0.15) is 18.2 Å². The highest BCUT2D eigenvalue weighted by Crippen LogP contribution is 2.27. The van der Waals surface area contributed by atoms with Crippen LogP contribution in [0.3, 0.4) is 0 Å². The molecule has 2 aromatic rings. The van der Waals surface area contributed by atoms with E-state index in [1.807, 2.05) is 31.2 Å². The molecule has 0 unspecified atom stereocenters. The lowest BCUT2D eigenvalue weighted by Gasteiger charge is -2.08. The van der Waals surface area contributed by atoms with Crippen LogP contribution in [0.2, 0.25) is 0 Å². The Balaban J connectivity index is 2.55. The van der Waals surface area contributed by atoms with Crippen molar-refractivity contribution in [2.45, 2.75) is 20.3 Å². The minimum absolute atomic E-state index is 0.629. The maximum atomic E-state index is 5.43. The Hall–Kier alpha value is -1.46. The monoisotopic (exact) mass is 306 g/mol. The van der Waals surface area contributed by atoms with E-state index in [-0.39, 0.29) is 0 Å². The molecule has 2 rings (SSSR count). The van der Waals surface area contributed by atoms with Crippen LogP contribution in [-0.4, -0.2) is 9.97 Å². The largest absolute Gasteiger partial charge is 0.308 e. The topological polar surface area (TPSA) is 63.8 Å². The lowest BCUT2D eigenvalue weighted by atomic mass is 10.1. The molecule has 18 heavy (non-hydrogen) atoms. The summed E-state index contributed by atoms with van der Waals surface area (Å²) in [4.78, 5) is 8.91. The number of hydrogen-bond donors (Lipinski definition) is 2. The maximum Gasteiger partial charge on any atom is 0.162 e. The minimum atomic E-state index is 0.629. The molecule has 0 bridgehead atoms. The van der Waals surface area contributed by atoms with Gasteiger partial charge < -0.3 is 5.43 Å². The molecular formula is C13H15BrN4. The van der Waals surface area contributed by atoms with Gasteiger partial charge in [0.2, 0.25) is 0 Å². The first-order valence-corrected chi connectivity index (χ1v) is 6.54. The minimum Gasteiger partial charge on any atom is -0.308 e. The van der Waals surface area contributed by atoms with E-state index in [2.05, 4.69) is 38.2 Å². The fourth-order valence-electron chi connectivity index (χ4n) is 1.67. The molecule has 0 radical (unpaired) electrons. The Morgan fingerprint density at radius 2 is 2.06 bits per heavy atom. The summed E-state index contributed by atoms with van der Waals surface area (Å²) < 4.78 is 0.985. The van der Waals surface area contributed by atoms with E-state index >= 15 is 0 Å². The third kappa shape index (κ3) is 2.68. The van der Waals surface area contributed by atoms with E-state index < -0.39 is 0 Å². The summed E-state index contributed by atoms with van der Waals surface area (Å²) in [5.41, 5.74) is 5.69. The number of aryl methyl sites for hydroxylation is 2. The highest BCUT2D eigenvalue weighted by Gasteiger charge is 2.09. The van der Waals surface area contributed by atoms with Crippen LogP contribution < -0.4 is 11.3 Å². The van der Waals surface area contributed by atoms with Crippen molar-refractivity contribution >= 4 is 21.7 Å². The summed E-state index contributed by atoms with van der Waals surface area (Å²) in [6.45, 7) is 4.10. The second kappa shape index (κ2) is 5.46. The first-order chi connectivity index (χ1) is 8.63. The Morgan fingerprint density at radius 3 is 2.67 bits per heavy atom. The van der Waals surface area contributed by atoms with E-state index in [1.54, 1.807) is 0 Å². The van der Waals surface area contributed by atoms with E-state index in [0.29, 0.717) is 11.6 Å². The van der Waals surface area contributed by atoms with Gasteiger partial charge in [-0.05, 0) is 31.0 Å². The van der Waals surface area contributed by atoms with Crippen LogP contribution in [0.5, 0.6) is 0 Å². The van der Waals surface area contributed by atoms with Gasteiger partial charge in [-0.15, -0.1) is 0 Å². The number of hydrogen-bond acceptors (Lipinski definition) is 4. The van der Waals surface area contributed by atoms with Crippen LogP contribution in [0.25, 0.3) is 11.4 Å². The fraction of sp³-hybridized carbons (Fsp3) is 0.231. The first kappa shape index (κ1) is 13.0. The van der Waals surface area contributed by atoms with Crippen LogP contribution >= 0.6 is 15.9 Å². The van der Waals surface area contributed by atoms with Gasteiger partial charge >= 0.3 is 0 Å². The van der Waals surface area contributed by atoms with Crippen molar-refractivity contribution in [1.82, 2.24) is 9.97 Å². The number of rotatable bonds is 3. The standard InChI is InChI=1S/C13H15BrN4/c1-3-9-7-12(18-15)17-13(16-9)10-5-4-8(2)6-11(10)14/h4-7H,3,15H2,1-2H3,(H,16,17,18). The molecule has 94 valence electrons. The zero-order chi connectivity index (χ0) is 13.1. The number of nitrogens with two attached hydrogens (primary N) is 1. The average Bonchev–Trinajstić information content (AvgIpc) is 2.38. The second-order valence-corrected chi connectivity index (χ2v) is 4.90. The molecule has 1 aromatic carbocycles. The number of nitrogens with zero attached hydrogens (tertiary/aromatic N) is 2. The first-order valence-electron chi connectivity index (χ1n) is 5.75. The molecule has 1 aromatic heterocycles. The summed E-state index contributed by atoms with van der Waals surface area (Å²) >= 11 is 3.55. The lowest BCUT2D eigenvalue weighted by molar-refractivity contribution is 1.00. The molecule has 0 saturated heterocycles. The van der Waals surface area contributed by atoms with E-state index in [0.717, 1.165) is 22.2 Å². The highest BCUT2D eigenvalue weighted by atomic mass is 79.9. The van der Waals surface area contributed by atoms with Gasteiger partial charge in [0.05, 0.1) is 0 Å². The van der Waals surface area contributed by atoms with Crippen LogP contribution in [0, 0.1) is 6.92 Å².